The zero-order valence-corrected chi connectivity index (χ0v) is 15.1. The molecule has 0 N–H and O–H groups in total. The average Bonchev–Trinajstić information content (AvgIpc) is 3.02. The fraction of sp³-hybridized carbons (Fsp3) is 0.368. The maximum Gasteiger partial charge on any atom is 0.251 e. The van der Waals surface area contributed by atoms with Gasteiger partial charge in [0.05, 0.1) is 25.3 Å². The quantitative estimate of drug-likeness (QED) is 0.744. The first-order valence-electron chi connectivity index (χ1n) is 8.95. The zero-order valence-electron chi connectivity index (χ0n) is 15.1. The van der Waals surface area contributed by atoms with E-state index in [1.54, 1.807) is 36.7 Å². The normalized spacial score (nSPS) is 21.0. The first-order valence-corrected chi connectivity index (χ1v) is 8.95. The number of imide groups is 1. The van der Waals surface area contributed by atoms with Crippen LogP contribution in [0.5, 0.6) is 5.75 Å². The van der Waals surface area contributed by atoms with Crippen molar-refractivity contribution in [2.75, 3.05) is 43.1 Å². The van der Waals surface area contributed by atoms with Crippen molar-refractivity contribution >= 4 is 23.5 Å². The van der Waals surface area contributed by atoms with Gasteiger partial charge in [0.25, 0.3) is 5.91 Å². The number of carbonyl (C=O) groups is 2. The van der Waals surface area contributed by atoms with Gasteiger partial charge in [-0.3, -0.25) is 14.5 Å². The molecule has 0 saturated carbocycles. The first kappa shape index (κ1) is 17.4. The van der Waals surface area contributed by atoms with Gasteiger partial charge in [-0.25, -0.2) is 14.9 Å². The Bertz CT molecular complexity index is 836. The van der Waals surface area contributed by atoms with E-state index >= 15 is 0 Å². The summed E-state index contributed by atoms with van der Waals surface area (Å²) in [7, 11) is 1.53. The van der Waals surface area contributed by atoms with Crippen LogP contribution in [0.15, 0.2) is 42.7 Å². The van der Waals surface area contributed by atoms with Gasteiger partial charge in [0.15, 0.2) is 0 Å². The van der Waals surface area contributed by atoms with Gasteiger partial charge in [-0.05, 0) is 18.2 Å². The van der Waals surface area contributed by atoms with Crippen molar-refractivity contribution in [1.29, 1.82) is 0 Å². The summed E-state index contributed by atoms with van der Waals surface area (Å²) in [5.74, 6) is 0.838. The Labute approximate surface area is 157 Å². The Balaban J connectivity index is 1.47. The topological polar surface area (TPSA) is 78.9 Å². The summed E-state index contributed by atoms with van der Waals surface area (Å²) in [4.78, 5) is 39.6. The van der Waals surface area contributed by atoms with Gasteiger partial charge < -0.3 is 9.64 Å². The van der Waals surface area contributed by atoms with E-state index in [0.29, 0.717) is 30.5 Å². The summed E-state index contributed by atoms with van der Waals surface area (Å²) in [6.07, 6.45) is 3.64. The fourth-order valence-corrected chi connectivity index (χ4v) is 3.66. The molecule has 2 aliphatic heterocycles. The van der Waals surface area contributed by atoms with Crippen LogP contribution in [0.2, 0.25) is 0 Å². The lowest BCUT2D eigenvalue weighted by Crippen LogP contribution is -2.53. The Morgan fingerprint density at radius 2 is 1.70 bits per heavy atom. The van der Waals surface area contributed by atoms with Crippen LogP contribution in [0.25, 0.3) is 0 Å². The molecule has 2 saturated heterocycles. The number of hydrogen-bond donors (Lipinski definition) is 0. The zero-order chi connectivity index (χ0) is 18.8. The highest BCUT2D eigenvalue weighted by atomic mass is 16.5. The standard InChI is InChI=1S/C19H21N5O3/c1-27-16-6-3-2-5-14(16)24-17(25)13-15(18(24)26)22-9-11-23(12-10-22)19-20-7-4-8-21-19/h2-8,15H,9-13H2,1H3/t15-/m1/s1. The summed E-state index contributed by atoms with van der Waals surface area (Å²) < 4.78 is 5.32. The van der Waals surface area contributed by atoms with Gasteiger partial charge >= 0.3 is 0 Å². The minimum atomic E-state index is -0.429. The number of amides is 2. The Hall–Kier alpha value is -3.00. The number of anilines is 2. The second-order valence-corrected chi connectivity index (χ2v) is 6.53. The molecular formula is C19H21N5O3. The molecule has 0 spiro atoms. The molecule has 0 radical (unpaired) electrons. The van der Waals surface area contributed by atoms with E-state index < -0.39 is 6.04 Å². The molecule has 1 aromatic carbocycles. The van der Waals surface area contributed by atoms with E-state index in [9.17, 15) is 9.59 Å². The molecule has 0 bridgehead atoms. The first-order chi connectivity index (χ1) is 13.2. The molecule has 8 heteroatoms. The minimum absolute atomic E-state index is 0.186. The SMILES string of the molecule is COc1ccccc1N1C(=O)C[C@@H](N2CCN(c3ncccn3)CC2)C1=O. The number of carbonyl (C=O) groups excluding carboxylic acids is 2. The van der Waals surface area contributed by atoms with Crippen LogP contribution >= 0.6 is 0 Å². The van der Waals surface area contributed by atoms with Crippen molar-refractivity contribution in [3.05, 3.63) is 42.7 Å². The molecule has 1 aromatic heterocycles. The van der Waals surface area contributed by atoms with Crippen LogP contribution in [-0.4, -0.2) is 66.0 Å². The fourth-order valence-electron chi connectivity index (χ4n) is 3.66. The summed E-state index contributed by atoms with van der Waals surface area (Å²) in [6, 6.07) is 8.46. The monoisotopic (exact) mass is 367 g/mol. The van der Waals surface area contributed by atoms with E-state index in [4.69, 9.17) is 4.74 Å². The lowest BCUT2D eigenvalue weighted by atomic mass is 10.2. The highest BCUT2D eigenvalue weighted by molar-refractivity contribution is 6.23. The van der Waals surface area contributed by atoms with Gasteiger partial charge in [0, 0.05) is 38.6 Å². The number of nitrogens with zero attached hydrogens (tertiary/aromatic N) is 5. The summed E-state index contributed by atoms with van der Waals surface area (Å²) in [6.45, 7) is 2.80. The van der Waals surface area contributed by atoms with Crippen molar-refractivity contribution < 1.29 is 14.3 Å². The van der Waals surface area contributed by atoms with Crippen molar-refractivity contribution in [2.24, 2.45) is 0 Å². The van der Waals surface area contributed by atoms with Crippen molar-refractivity contribution in [2.45, 2.75) is 12.5 Å². The largest absolute Gasteiger partial charge is 0.495 e. The molecule has 27 heavy (non-hydrogen) atoms. The number of hydrogen-bond acceptors (Lipinski definition) is 7. The van der Waals surface area contributed by atoms with Gasteiger partial charge in [-0.1, -0.05) is 12.1 Å². The molecule has 140 valence electrons. The number of piperazine rings is 1. The molecule has 0 unspecified atom stereocenters. The average molecular weight is 367 g/mol. The van der Waals surface area contributed by atoms with Crippen LogP contribution < -0.4 is 14.5 Å². The second kappa shape index (κ2) is 7.32. The smallest absolute Gasteiger partial charge is 0.251 e. The predicted molar refractivity (Wildman–Crippen MR) is 99.7 cm³/mol. The number of para-hydroxylation sites is 2. The van der Waals surface area contributed by atoms with E-state index in [1.165, 1.54) is 12.0 Å². The third-order valence-electron chi connectivity index (χ3n) is 5.04. The van der Waals surface area contributed by atoms with E-state index in [1.807, 2.05) is 6.07 Å². The van der Waals surface area contributed by atoms with E-state index in [2.05, 4.69) is 19.8 Å². The Morgan fingerprint density at radius 3 is 2.41 bits per heavy atom. The number of aromatic nitrogens is 2. The van der Waals surface area contributed by atoms with Gasteiger partial charge in [-0.2, -0.15) is 0 Å². The molecular weight excluding hydrogens is 346 g/mol. The van der Waals surface area contributed by atoms with Crippen molar-refractivity contribution in [3.63, 3.8) is 0 Å². The van der Waals surface area contributed by atoms with Gasteiger partial charge in [-0.15, -0.1) is 0 Å². The number of ether oxygens (including phenoxy) is 1. The van der Waals surface area contributed by atoms with Crippen LogP contribution in [0.4, 0.5) is 11.6 Å². The van der Waals surface area contributed by atoms with E-state index in [0.717, 1.165) is 13.1 Å². The molecule has 2 fully saturated rings. The minimum Gasteiger partial charge on any atom is -0.495 e. The number of methoxy groups -OCH3 is 1. The highest BCUT2D eigenvalue weighted by Gasteiger charge is 2.44. The van der Waals surface area contributed by atoms with Crippen molar-refractivity contribution in [1.82, 2.24) is 14.9 Å². The lowest BCUT2D eigenvalue weighted by Gasteiger charge is -2.36. The van der Waals surface area contributed by atoms with E-state index in [-0.39, 0.29) is 18.2 Å². The molecule has 1 atom stereocenters. The van der Waals surface area contributed by atoms with Crippen LogP contribution in [0.1, 0.15) is 6.42 Å². The maximum atomic E-state index is 13.0. The number of rotatable bonds is 4. The molecule has 4 rings (SSSR count). The van der Waals surface area contributed by atoms with Crippen LogP contribution in [-0.2, 0) is 9.59 Å². The predicted octanol–water partition coefficient (Wildman–Crippen LogP) is 0.939. The van der Waals surface area contributed by atoms with Crippen molar-refractivity contribution in [3.8, 4) is 5.75 Å². The third-order valence-corrected chi connectivity index (χ3v) is 5.04. The molecule has 2 aromatic rings. The van der Waals surface area contributed by atoms with Crippen LogP contribution in [0, 0.1) is 0 Å². The Kier molecular flexibility index (Phi) is 4.72. The summed E-state index contributed by atoms with van der Waals surface area (Å²) in [5.41, 5.74) is 0.508. The summed E-state index contributed by atoms with van der Waals surface area (Å²) in [5, 5.41) is 0. The molecule has 2 amide bonds. The molecule has 3 heterocycles. The van der Waals surface area contributed by atoms with Gasteiger partial charge in [0.2, 0.25) is 11.9 Å². The third kappa shape index (κ3) is 3.23. The summed E-state index contributed by atoms with van der Waals surface area (Å²) >= 11 is 0. The number of benzene rings is 1. The maximum absolute atomic E-state index is 13.0. The second-order valence-electron chi connectivity index (χ2n) is 6.53. The molecule has 0 aliphatic carbocycles. The molecule has 2 aliphatic rings. The lowest BCUT2D eigenvalue weighted by molar-refractivity contribution is -0.123. The Morgan fingerprint density at radius 1 is 1.00 bits per heavy atom. The van der Waals surface area contributed by atoms with Gasteiger partial charge in [0.1, 0.15) is 5.75 Å². The molecule has 8 nitrogen and oxygen atoms in total. The highest BCUT2D eigenvalue weighted by Crippen LogP contribution is 2.33. The van der Waals surface area contributed by atoms with Crippen LogP contribution in [0.3, 0.4) is 0 Å².